The van der Waals surface area contributed by atoms with Crippen molar-refractivity contribution in [1.82, 2.24) is 0 Å². The van der Waals surface area contributed by atoms with Crippen molar-refractivity contribution in [2.75, 3.05) is 12.4 Å². The van der Waals surface area contributed by atoms with Gasteiger partial charge in [-0.25, -0.2) is 0 Å². The highest BCUT2D eigenvalue weighted by Gasteiger charge is 2.17. The number of hydrogen-bond donors (Lipinski definition) is 1. The normalized spacial score (nSPS) is 10.2. The van der Waals surface area contributed by atoms with Gasteiger partial charge in [-0.2, -0.15) is 12.6 Å². The van der Waals surface area contributed by atoms with Crippen LogP contribution in [-0.2, 0) is 0 Å². The summed E-state index contributed by atoms with van der Waals surface area (Å²) in [5.41, 5.74) is -0.0910. The van der Waals surface area contributed by atoms with Crippen molar-refractivity contribution in [3.8, 4) is 5.75 Å². The predicted molar refractivity (Wildman–Crippen MR) is 71.3 cm³/mol. The van der Waals surface area contributed by atoms with Gasteiger partial charge >= 0.3 is 5.69 Å². The molecule has 4 nitrogen and oxygen atoms in total. The third kappa shape index (κ3) is 4.44. The molecule has 0 aliphatic rings. The highest BCUT2D eigenvalue weighted by molar-refractivity contribution is 7.80. The van der Waals surface area contributed by atoms with E-state index in [-0.39, 0.29) is 16.5 Å². The summed E-state index contributed by atoms with van der Waals surface area (Å²) in [6.07, 6.45) is 2.84. The highest BCUT2D eigenvalue weighted by atomic mass is 35.5. The fraction of sp³-hybridized carbons (Fsp3) is 0.455. The predicted octanol–water partition coefficient (Wildman–Crippen LogP) is 3.73. The molecular formula is C11H14ClNO3S. The summed E-state index contributed by atoms with van der Waals surface area (Å²) in [7, 11) is 0. The van der Waals surface area contributed by atoms with Crippen LogP contribution in [0.5, 0.6) is 5.75 Å². The van der Waals surface area contributed by atoms with Gasteiger partial charge in [0.2, 0.25) is 5.75 Å². The summed E-state index contributed by atoms with van der Waals surface area (Å²) in [5.74, 6) is 0.997. The number of halogens is 1. The lowest BCUT2D eigenvalue weighted by Gasteiger charge is -2.07. The Hall–Kier alpha value is -0.940. The minimum Gasteiger partial charge on any atom is -0.486 e. The Morgan fingerprint density at radius 2 is 2.12 bits per heavy atom. The SMILES string of the molecule is O=[N+]([O-])c1cccc(Cl)c1OCCCCCS. The molecule has 1 rings (SSSR count). The van der Waals surface area contributed by atoms with E-state index in [0.29, 0.717) is 6.61 Å². The lowest BCUT2D eigenvalue weighted by atomic mass is 10.2. The van der Waals surface area contributed by atoms with Crippen LogP contribution in [0.25, 0.3) is 0 Å². The van der Waals surface area contributed by atoms with E-state index in [9.17, 15) is 10.1 Å². The Morgan fingerprint density at radius 3 is 2.76 bits per heavy atom. The summed E-state index contributed by atoms with van der Waals surface area (Å²) in [6.45, 7) is 0.429. The van der Waals surface area contributed by atoms with Crippen molar-refractivity contribution >= 4 is 29.9 Å². The molecule has 1 aromatic carbocycles. The van der Waals surface area contributed by atoms with Crippen LogP contribution in [0.2, 0.25) is 5.02 Å². The standard InChI is InChI=1S/C11H14ClNO3S/c12-9-5-4-6-10(13(14)15)11(9)16-7-2-1-3-8-17/h4-6,17H,1-3,7-8H2. The van der Waals surface area contributed by atoms with Crippen LogP contribution in [-0.4, -0.2) is 17.3 Å². The lowest BCUT2D eigenvalue weighted by Crippen LogP contribution is -2.01. The van der Waals surface area contributed by atoms with Gasteiger partial charge < -0.3 is 4.74 Å². The first-order chi connectivity index (χ1) is 8.16. The Kier molecular flexibility index (Phi) is 6.15. The highest BCUT2D eigenvalue weighted by Crippen LogP contribution is 2.34. The van der Waals surface area contributed by atoms with Gasteiger partial charge in [-0.05, 0) is 31.1 Å². The van der Waals surface area contributed by atoms with Gasteiger partial charge in [-0.15, -0.1) is 0 Å². The third-order valence-electron chi connectivity index (χ3n) is 2.19. The number of nitrogens with zero attached hydrogens (tertiary/aromatic N) is 1. The molecule has 6 heteroatoms. The van der Waals surface area contributed by atoms with Gasteiger partial charge in [0.15, 0.2) is 0 Å². The largest absolute Gasteiger partial charge is 0.486 e. The van der Waals surface area contributed by atoms with Crippen LogP contribution < -0.4 is 4.74 Å². The summed E-state index contributed by atoms with van der Waals surface area (Å²) < 4.78 is 5.38. The molecule has 94 valence electrons. The minimum absolute atomic E-state index is 0.0910. The van der Waals surface area contributed by atoms with Crippen LogP contribution in [0, 0.1) is 10.1 Å². The molecule has 0 atom stereocenters. The molecule has 0 N–H and O–H groups in total. The van der Waals surface area contributed by atoms with Crippen LogP contribution in [0.4, 0.5) is 5.69 Å². The maximum absolute atomic E-state index is 10.8. The molecule has 0 spiro atoms. The number of ether oxygens (including phenoxy) is 1. The fourth-order valence-corrected chi connectivity index (χ4v) is 1.80. The van der Waals surface area contributed by atoms with Gasteiger partial charge in [-0.3, -0.25) is 10.1 Å². The molecule has 0 unspecified atom stereocenters. The second kappa shape index (κ2) is 7.40. The van der Waals surface area contributed by atoms with E-state index in [4.69, 9.17) is 16.3 Å². The number of rotatable bonds is 7. The average molecular weight is 276 g/mol. The Morgan fingerprint density at radius 1 is 1.35 bits per heavy atom. The first-order valence-corrected chi connectivity index (χ1v) is 6.34. The maximum Gasteiger partial charge on any atom is 0.312 e. The van der Waals surface area contributed by atoms with Crippen LogP contribution in [0.3, 0.4) is 0 Å². The fourth-order valence-electron chi connectivity index (χ4n) is 1.35. The number of thiol groups is 1. The van der Waals surface area contributed by atoms with Crippen LogP contribution in [0.15, 0.2) is 18.2 Å². The van der Waals surface area contributed by atoms with Crippen molar-refractivity contribution < 1.29 is 9.66 Å². The van der Waals surface area contributed by atoms with Crippen molar-refractivity contribution in [1.29, 1.82) is 0 Å². The van der Waals surface area contributed by atoms with Gasteiger partial charge in [0.1, 0.15) is 0 Å². The number of nitro benzene ring substituents is 1. The second-order valence-corrected chi connectivity index (χ2v) is 4.33. The molecule has 17 heavy (non-hydrogen) atoms. The van der Waals surface area contributed by atoms with E-state index >= 15 is 0 Å². The van der Waals surface area contributed by atoms with Crippen LogP contribution >= 0.6 is 24.2 Å². The second-order valence-electron chi connectivity index (χ2n) is 3.48. The maximum atomic E-state index is 10.8. The van der Waals surface area contributed by atoms with Gasteiger partial charge in [0.05, 0.1) is 16.6 Å². The Balaban J connectivity index is 2.60. The summed E-state index contributed by atoms with van der Waals surface area (Å²) in [5, 5.41) is 11.0. The molecule has 1 aromatic rings. The monoisotopic (exact) mass is 275 g/mol. The molecular weight excluding hydrogens is 262 g/mol. The molecule has 0 radical (unpaired) electrons. The quantitative estimate of drug-likeness (QED) is 0.357. The van der Waals surface area contributed by atoms with Crippen molar-refractivity contribution in [2.24, 2.45) is 0 Å². The molecule has 0 aliphatic carbocycles. The Labute approximate surface area is 110 Å². The van der Waals surface area contributed by atoms with Gasteiger partial charge in [0, 0.05) is 6.07 Å². The first kappa shape index (κ1) is 14.1. The zero-order valence-electron chi connectivity index (χ0n) is 9.26. The van der Waals surface area contributed by atoms with E-state index in [1.54, 1.807) is 6.07 Å². The molecule has 0 heterocycles. The lowest BCUT2D eigenvalue weighted by molar-refractivity contribution is -0.385. The number of nitro groups is 1. The van der Waals surface area contributed by atoms with Gasteiger partial charge in [0.25, 0.3) is 0 Å². The van der Waals surface area contributed by atoms with E-state index in [1.165, 1.54) is 12.1 Å². The van der Waals surface area contributed by atoms with E-state index in [1.807, 2.05) is 0 Å². The van der Waals surface area contributed by atoms with E-state index < -0.39 is 4.92 Å². The molecule has 0 fully saturated rings. The first-order valence-electron chi connectivity index (χ1n) is 5.33. The number of hydrogen-bond acceptors (Lipinski definition) is 4. The summed E-state index contributed by atoms with van der Waals surface area (Å²) >= 11 is 9.97. The molecule has 0 saturated carbocycles. The minimum atomic E-state index is -0.491. The Bertz CT molecular complexity index is 387. The zero-order chi connectivity index (χ0) is 12.7. The smallest absolute Gasteiger partial charge is 0.312 e. The van der Waals surface area contributed by atoms with E-state index in [0.717, 1.165) is 25.0 Å². The number of benzene rings is 1. The number of para-hydroxylation sites is 1. The number of unbranched alkanes of at least 4 members (excludes halogenated alkanes) is 2. The third-order valence-corrected chi connectivity index (χ3v) is 2.81. The van der Waals surface area contributed by atoms with Crippen molar-refractivity contribution in [3.63, 3.8) is 0 Å². The topological polar surface area (TPSA) is 52.4 Å². The molecule has 0 amide bonds. The van der Waals surface area contributed by atoms with Crippen LogP contribution in [0.1, 0.15) is 19.3 Å². The van der Waals surface area contributed by atoms with Crippen molar-refractivity contribution in [3.05, 3.63) is 33.3 Å². The van der Waals surface area contributed by atoms with E-state index in [2.05, 4.69) is 12.6 Å². The molecule has 0 aliphatic heterocycles. The zero-order valence-corrected chi connectivity index (χ0v) is 10.9. The van der Waals surface area contributed by atoms with Crippen molar-refractivity contribution in [2.45, 2.75) is 19.3 Å². The molecule has 0 bridgehead atoms. The summed E-state index contributed by atoms with van der Waals surface area (Å²) in [6, 6.07) is 4.50. The summed E-state index contributed by atoms with van der Waals surface area (Å²) in [4.78, 5) is 10.3. The van der Waals surface area contributed by atoms with Gasteiger partial charge in [-0.1, -0.05) is 17.7 Å². The molecule has 0 saturated heterocycles. The average Bonchev–Trinajstić information content (AvgIpc) is 2.30. The molecule has 0 aromatic heterocycles.